The Kier molecular flexibility index (Phi) is 8.35. The Balaban J connectivity index is 3.48. The average Bonchev–Trinajstić information content (AvgIpc) is 2.22. The van der Waals surface area contributed by atoms with Crippen molar-refractivity contribution in [3.05, 3.63) is 0 Å². The standard InChI is InChI=1S/C12H25N3/c1-5-12(7-8-13)14-9-6-10-15(4)11(2)3/h11-12,14H,5-7,9-10H2,1-4H3. The van der Waals surface area contributed by atoms with Crippen molar-refractivity contribution in [3.8, 4) is 6.07 Å². The van der Waals surface area contributed by atoms with E-state index in [-0.39, 0.29) is 0 Å². The van der Waals surface area contributed by atoms with Gasteiger partial charge in [0, 0.05) is 12.1 Å². The average molecular weight is 211 g/mol. The maximum atomic E-state index is 8.59. The third kappa shape index (κ3) is 7.35. The highest BCUT2D eigenvalue weighted by atomic mass is 15.1. The first kappa shape index (κ1) is 14.4. The summed E-state index contributed by atoms with van der Waals surface area (Å²) in [4.78, 5) is 2.34. The van der Waals surface area contributed by atoms with Gasteiger partial charge in [0.25, 0.3) is 0 Å². The first-order valence-corrected chi connectivity index (χ1v) is 5.92. The summed E-state index contributed by atoms with van der Waals surface area (Å²) in [5, 5.41) is 12.0. The van der Waals surface area contributed by atoms with Crippen molar-refractivity contribution >= 4 is 0 Å². The quantitative estimate of drug-likeness (QED) is 0.624. The second kappa shape index (κ2) is 8.70. The Labute approximate surface area is 94.5 Å². The number of rotatable bonds is 8. The third-order valence-corrected chi connectivity index (χ3v) is 2.83. The van der Waals surface area contributed by atoms with Crippen LogP contribution in [0, 0.1) is 11.3 Å². The summed E-state index contributed by atoms with van der Waals surface area (Å²) in [5.74, 6) is 0. The highest BCUT2D eigenvalue weighted by molar-refractivity contribution is 4.79. The molecule has 0 aliphatic heterocycles. The van der Waals surface area contributed by atoms with Crippen LogP contribution in [0.5, 0.6) is 0 Å². The minimum atomic E-state index is 0.374. The molecular weight excluding hydrogens is 186 g/mol. The lowest BCUT2D eigenvalue weighted by Crippen LogP contribution is -2.33. The fraction of sp³-hybridized carbons (Fsp3) is 0.917. The van der Waals surface area contributed by atoms with Gasteiger partial charge in [0.15, 0.2) is 0 Å². The zero-order chi connectivity index (χ0) is 11.7. The summed E-state index contributed by atoms with van der Waals surface area (Å²) < 4.78 is 0. The van der Waals surface area contributed by atoms with E-state index in [1.54, 1.807) is 0 Å². The molecule has 0 aliphatic carbocycles. The molecule has 0 aromatic rings. The van der Waals surface area contributed by atoms with E-state index in [1.165, 1.54) is 0 Å². The van der Waals surface area contributed by atoms with Gasteiger partial charge in [0.2, 0.25) is 0 Å². The topological polar surface area (TPSA) is 39.1 Å². The minimum Gasteiger partial charge on any atom is -0.313 e. The molecule has 0 radical (unpaired) electrons. The van der Waals surface area contributed by atoms with Crippen molar-refractivity contribution < 1.29 is 0 Å². The third-order valence-electron chi connectivity index (χ3n) is 2.83. The van der Waals surface area contributed by atoms with Crippen LogP contribution in [0.2, 0.25) is 0 Å². The molecule has 0 amide bonds. The molecule has 0 saturated carbocycles. The van der Waals surface area contributed by atoms with Gasteiger partial charge in [-0.25, -0.2) is 0 Å². The Morgan fingerprint density at radius 3 is 2.53 bits per heavy atom. The Morgan fingerprint density at radius 1 is 1.40 bits per heavy atom. The largest absolute Gasteiger partial charge is 0.313 e. The molecule has 0 bridgehead atoms. The summed E-state index contributed by atoms with van der Waals surface area (Å²) in [6, 6.07) is 3.20. The predicted molar refractivity (Wildman–Crippen MR) is 64.7 cm³/mol. The number of nitriles is 1. The SMILES string of the molecule is CCC(CC#N)NCCCN(C)C(C)C. The van der Waals surface area contributed by atoms with Gasteiger partial charge >= 0.3 is 0 Å². The van der Waals surface area contributed by atoms with Crippen LogP contribution in [0.3, 0.4) is 0 Å². The predicted octanol–water partition coefficient (Wildman–Crippen LogP) is 2.00. The van der Waals surface area contributed by atoms with Crippen molar-refractivity contribution in [1.82, 2.24) is 10.2 Å². The molecule has 3 heteroatoms. The van der Waals surface area contributed by atoms with E-state index in [2.05, 4.69) is 44.1 Å². The second-order valence-electron chi connectivity index (χ2n) is 4.35. The first-order valence-electron chi connectivity index (χ1n) is 5.92. The zero-order valence-corrected chi connectivity index (χ0v) is 10.6. The maximum Gasteiger partial charge on any atom is 0.0638 e. The van der Waals surface area contributed by atoms with Crippen molar-refractivity contribution in [2.24, 2.45) is 0 Å². The number of hydrogen-bond donors (Lipinski definition) is 1. The molecule has 1 atom stereocenters. The van der Waals surface area contributed by atoms with Gasteiger partial charge in [-0.05, 0) is 46.8 Å². The highest BCUT2D eigenvalue weighted by Crippen LogP contribution is 1.98. The van der Waals surface area contributed by atoms with Crippen LogP contribution in [0.25, 0.3) is 0 Å². The van der Waals surface area contributed by atoms with Crippen LogP contribution < -0.4 is 5.32 Å². The fourth-order valence-corrected chi connectivity index (χ4v) is 1.36. The van der Waals surface area contributed by atoms with Gasteiger partial charge < -0.3 is 10.2 Å². The summed E-state index contributed by atoms with van der Waals surface area (Å²) in [7, 11) is 2.15. The molecule has 0 aromatic heterocycles. The van der Waals surface area contributed by atoms with Crippen LogP contribution in [-0.4, -0.2) is 37.1 Å². The molecule has 0 aliphatic rings. The summed E-state index contributed by atoms with van der Waals surface area (Å²) in [5.41, 5.74) is 0. The van der Waals surface area contributed by atoms with Gasteiger partial charge in [-0.3, -0.25) is 0 Å². The van der Waals surface area contributed by atoms with E-state index in [4.69, 9.17) is 5.26 Å². The zero-order valence-electron chi connectivity index (χ0n) is 10.6. The van der Waals surface area contributed by atoms with E-state index in [1.807, 2.05) is 0 Å². The molecular formula is C12H25N3. The lowest BCUT2D eigenvalue weighted by Gasteiger charge is -2.21. The van der Waals surface area contributed by atoms with Gasteiger partial charge in [0.05, 0.1) is 12.5 Å². The van der Waals surface area contributed by atoms with Crippen molar-refractivity contribution in [2.75, 3.05) is 20.1 Å². The van der Waals surface area contributed by atoms with Crippen LogP contribution >= 0.6 is 0 Å². The summed E-state index contributed by atoms with van der Waals surface area (Å²) in [6.07, 6.45) is 2.81. The first-order chi connectivity index (χ1) is 7.11. The Morgan fingerprint density at radius 2 is 2.07 bits per heavy atom. The van der Waals surface area contributed by atoms with E-state index in [9.17, 15) is 0 Å². The smallest absolute Gasteiger partial charge is 0.0638 e. The van der Waals surface area contributed by atoms with Gasteiger partial charge in [-0.2, -0.15) is 5.26 Å². The van der Waals surface area contributed by atoms with Gasteiger partial charge in [-0.1, -0.05) is 6.92 Å². The van der Waals surface area contributed by atoms with E-state index in [0.29, 0.717) is 18.5 Å². The fourth-order valence-electron chi connectivity index (χ4n) is 1.36. The number of nitrogens with one attached hydrogen (secondary N) is 1. The van der Waals surface area contributed by atoms with E-state index >= 15 is 0 Å². The van der Waals surface area contributed by atoms with Crippen molar-refractivity contribution in [1.29, 1.82) is 5.26 Å². The van der Waals surface area contributed by atoms with Crippen molar-refractivity contribution in [2.45, 2.75) is 52.1 Å². The summed E-state index contributed by atoms with van der Waals surface area (Å²) in [6.45, 7) is 8.66. The molecule has 0 spiro atoms. The van der Waals surface area contributed by atoms with Crippen molar-refractivity contribution in [3.63, 3.8) is 0 Å². The lowest BCUT2D eigenvalue weighted by molar-refractivity contribution is 0.267. The summed E-state index contributed by atoms with van der Waals surface area (Å²) >= 11 is 0. The van der Waals surface area contributed by atoms with E-state index in [0.717, 1.165) is 25.9 Å². The monoisotopic (exact) mass is 211 g/mol. The molecule has 1 N–H and O–H groups in total. The minimum absolute atomic E-state index is 0.374. The number of nitrogens with zero attached hydrogens (tertiary/aromatic N) is 2. The Bertz CT molecular complexity index is 184. The molecule has 0 aromatic carbocycles. The molecule has 0 fully saturated rings. The second-order valence-corrected chi connectivity index (χ2v) is 4.35. The normalized spacial score (nSPS) is 13.1. The lowest BCUT2D eigenvalue weighted by atomic mass is 10.1. The van der Waals surface area contributed by atoms with Gasteiger partial charge in [0.1, 0.15) is 0 Å². The molecule has 15 heavy (non-hydrogen) atoms. The molecule has 0 rings (SSSR count). The van der Waals surface area contributed by atoms with Crippen LogP contribution in [-0.2, 0) is 0 Å². The van der Waals surface area contributed by atoms with E-state index < -0.39 is 0 Å². The van der Waals surface area contributed by atoms with Gasteiger partial charge in [-0.15, -0.1) is 0 Å². The molecule has 1 unspecified atom stereocenters. The molecule has 88 valence electrons. The molecule has 3 nitrogen and oxygen atoms in total. The Hall–Kier alpha value is -0.590. The van der Waals surface area contributed by atoms with Crippen LogP contribution in [0.4, 0.5) is 0 Å². The molecule has 0 heterocycles. The number of hydrogen-bond acceptors (Lipinski definition) is 3. The highest BCUT2D eigenvalue weighted by Gasteiger charge is 2.05. The van der Waals surface area contributed by atoms with Crippen LogP contribution in [0.1, 0.15) is 40.0 Å². The van der Waals surface area contributed by atoms with Crippen LogP contribution in [0.15, 0.2) is 0 Å². The maximum absolute atomic E-state index is 8.59. The molecule has 0 saturated heterocycles.